The van der Waals surface area contributed by atoms with Gasteiger partial charge in [-0.2, -0.15) is 0 Å². The first-order valence-corrected chi connectivity index (χ1v) is 11.3. The molecular weight excluding hydrogens is 398 g/mol. The van der Waals surface area contributed by atoms with Crippen LogP contribution in [0.1, 0.15) is 51.6 Å². The third-order valence-corrected chi connectivity index (χ3v) is 7.11. The van der Waals surface area contributed by atoms with Crippen LogP contribution in [0.25, 0.3) is 0 Å². The normalized spacial score (nSPS) is 13.0. The summed E-state index contributed by atoms with van der Waals surface area (Å²) < 4.78 is 28.8. The lowest BCUT2D eigenvalue weighted by molar-refractivity contribution is 0.0976. The van der Waals surface area contributed by atoms with Crippen molar-refractivity contribution in [1.82, 2.24) is 0 Å². The Morgan fingerprint density at radius 1 is 0.733 bits per heavy atom. The van der Waals surface area contributed by atoms with Crippen LogP contribution in [0, 0.1) is 0 Å². The van der Waals surface area contributed by atoms with Crippen molar-refractivity contribution in [2.24, 2.45) is 0 Å². The number of unbranched alkanes of at least 4 members (excludes halogenated alkanes) is 1. The summed E-state index contributed by atoms with van der Waals surface area (Å²) in [6.07, 6.45) is 1.48. The molecule has 0 N–H and O–H groups in total. The van der Waals surface area contributed by atoms with Gasteiger partial charge in [0.2, 0.25) is 0 Å². The Bertz CT molecular complexity index is 1230. The van der Waals surface area contributed by atoms with E-state index in [1.54, 1.807) is 48.5 Å². The van der Waals surface area contributed by atoms with Gasteiger partial charge in [0.05, 0.1) is 16.1 Å². The van der Waals surface area contributed by atoms with E-state index < -0.39 is 15.8 Å². The number of carbonyl (C=O) groups is 2. The van der Waals surface area contributed by atoms with E-state index in [1.165, 1.54) is 22.5 Å². The largest absolute Gasteiger partial charge is 0.289 e. The standard InChI is InChI=1S/C24H21NO4S/c1-2-3-16-25(17-10-5-4-6-11-17)30(28,29)21-15-9-14-20-22(21)24(27)19-13-8-7-12-18(19)23(20)26/h4-15H,2-3,16H2,1H3. The molecule has 0 aromatic heterocycles. The van der Waals surface area contributed by atoms with Crippen molar-refractivity contribution in [3.8, 4) is 0 Å². The number of benzene rings is 3. The molecule has 6 heteroatoms. The van der Waals surface area contributed by atoms with Crippen LogP contribution in [-0.4, -0.2) is 26.5 Å². The minimum absolute atomic E-state index is 0.0429. The Kier molecular flexibility index (Phi) is 5.26. The second-order valence-electron chi connectivity index (χ2n) is 7.15. The van der Waals surface area contributed by atoms with Crippen LogP contribution in [0.15, 0.2) is 77.7 Å². The van der Waals surface area contributed by atoms with E-state index in [9.17, 15) is 18.0 Å². The van der Waals surface area contributed by atoms with Crippen molar-refractivity contribution in [3.63, 3.8) is 0 Å². The number of para-hydroxylation sites is 1. The zero-order valence-electron chi connectivity index (χ0n) is 16.5. The lowest BCUT2D eigenvalue weighted by Gasteiger charge is -2.27. The Morgan fingerprint density at radius 3 is 2.00 bits per heavy atom. The molecule has 3 aromatic carbocycles. The van der Waals surface area contributed by atoms with Crippen LogP contribution >= 0.6 is 0 Å². The van der Waals surface area contributed by atoms with Gasteiger partial charge in [-0.25, -0.2) is 8.42 Å². The van der Waals surface area contributed by atoms with E-state index >= 15 is 0 Å². The van der Waals surface area contributed by atoms with Crippen LogP contribution in [0.3, 0.4) is 0 Å². The quantitative estimate of drug-likeness (QED) is 0.463. The molecule has 0 bridgehead atoms. The SMILES string of the molecule is CCCCN(c1ccccc1)S(=O)(=O)c1cccc2c1C(=O)c1ccccc1C2=O. The molecule has 3 aromatic rings. The van der Waals surface area contributed by atoms with E-state index in [-0.39, 0.29) is 33.9 Å². The number of carbonyl (C=O) groups excluding carboxylic acids is 2. The maximum Gasteiger partial charge on any atom is 0.265 e. The molecule has 0 atom stereocenters. The van der Waals surface area contributed by atoms with Crippen LogP contribution < -0.4 is 4.31 Å². The first-order chi connectivity index (χ1) is 14.5. The molecule has 152 valence electrons. The molecule has 1 aliphatic rings. The highest BCUT2D eigenvalue weighted by molar-refractivity contribution is 7.93. The van der Waals surface area contributed by atoms with Gasteiger partial charge in [-0.1, -0.05) is 67.9 Å². The van der Waals surface area contributed by atoms with E-state index in [0.717, 1.165) is 6.42 Å². The minimum atomic E-state index is -4.07. The maximum atomic E-state index is 13.7. The number of anilines is 1. The average molecular weight is 420 g/mol. The van der Waals surface area contributed by atoms with Gasteiger partial charge in [0.15, 0.2) is 11.6 Å². The number of ketones is 2. The van der Waals surface area contributed by atoms with E-state index in [0.29, 0.717) is 17.7 Å². The molecule has 0 spiro atoms. The van der Waals surface area contributed by atoms with Crippen LogP contribution in [0.2, 0.25) is 0 Å². The predicted molar refractivity (Wildman–Crippen MR) is 116 cm³/mol. The van der Waals surface area contributed by atoms with Crippen molar-refractivity contribution in [2.75, 3.05) is 10.8 Å². The summed E-state index contributed by atoms with van der Waals surface area (Å²) in [5.74, 6) is -0.778. The maximum absolute atomic E-state index is 13.7. The highest BCUT2D eigenvalue weighted by Crippen LogP contribution is 2.34. The highest BCUT2D eigenvalue weighted by Gasteiger charge is 2.36. The number of fused-ring (bicyclic) bond motifs is 2. The number of rotatable bonds is 6. The first-order valence-electron chi connectivity index (χ1n) is 9.86. The fourth-order valence-electron chi connectivity index (χ4n) is 3.73. The molecule has 4 rings (SSSR count). The summed E-state index contributed by atoms with van der Waals surface area (Å²) in [6.45, 7) is 2.27. The third kappa shape index (κ3) is 3.23. The van der Waals surface area contributed by atoms with E-state index in [4.69, 9.17) is 0 Å². The summed E-state index contributed by atoms with van der Waals surface area (Å²) in [5, 5.41) is 0. The van der Waals surface area contributed by atoms with E-state index in [2.05, 4.69) is 0 Å². The zero-order chi connectivity index (χ0) is 21.3. The summed E-state index contributed by atoms with van der Waals surface area (Å²) in [7, 11) is -4.07. The van der Waals surface area contributed by atoms with Gasteiger partial charge in [0, 0.05) is 23.2 Å². The Labute approximate surface area is 176 Å². The van der Waals surface area contributed by atoms with Crippen molar-refractivity contribution in [3.05, 3.63) is 95.1 Å². The number of sulfonamides is 1. The van der Waals surface area contributed by atoms with Gasteiger partial charge in [-0.15, -0.1) is 0 Å². The summed E-state index contributed by atoms with van der Waals surface area (Å²) >= 11 is 0. The number of nitrogens with zero attached hydrogens (tertiary/aromatic N) is 1. The molecule has 0 heterocycles. The Morgan fingerprint density at radius 2 is 1.33 bits per heavy atom. The monoisotopic (exact) mass is 419 g/mol. The molecule has 0 saturated heterocycles. The van der Waals surface area contributed by atoms with Gasteiger partial charge in [0.1, 0.15) is 0 Å². The number of hydrogen-bond acceptors (Lipinski definition) is 4. The lowest BCUT2D eigenvalue weighted by Crippen LogP contribution is -2.34. The van der Waals surface area contributed by atoms with Crippen molar-refractivity contribution >= 4 is 27.3 Å². The van der Waals surface area contributed by atoms with Gasteiger partial charge >= 0.3 is 0 Å². The Balaban J connectivity index is 1.90. The van der Waals surface area contributed by atoms with Gasteiger partial charge in [-0.3, -0.25) is 13.9 Å². The molecule has 30 heavy (non-hydrogen) atoms. The second-order valence-corrected chi connectivity index (χ2v) is 8.98. The number of hydrogen-bond donors (Lipinski definition) is 0. The fourth-order valence-corrected chi connectivity index (χ4v) is 5.45. The molecule has 1 aliphatic carbocycles. The molecular formula is C24H21NO4S. The third-order valence-electron chi connectivity index (χ3n) is 5.24. The van der Waals surface area contributed by atoms with Crippen LogP contribution in [-0.2, 0) is 10.0 Å². The minimum Gasteiger partial charge on any atom is -0.289 e. The topological polar surface area (TPSA) is 71.5 Å². The van der Waals surface area contributed by atoms with Gasteiger partial charge < -0.3 is 0 Å². The summed E-state index contributed by atoms with van der Waals surface area (Å²) in [6, 6.07) is 19.8. The molecule has 0 amide bonds. The molecule has 0 radical (unpaired) electrons. The molecule has 0 unspecified atom stereocenters. The highest BCUT2D eigenvalue weighted by atomic mass is 32.2. The van der Waals surface area contributed by atoms with Gasteiger partial charge in [0.25, 0.3) is 10.0 Å². The molecule has 0 fully saturated rings. The van der Waals surface area contributed by atoms with Crippen molar-refractivity contribution < 1.29 is 18.0 Å². The Hall–Kier alpha value is -3.25. The molecule has 5 nitrogen and oxygen atoms in total. The average Bonchev–Trinajstić information content (AvgIpc) is 2.78. The predicted octanol–water partition coefficient (Wildman–Crippen LogP) is 4.46. The molecule has 0 saturated carbocycles. The summed E-state index contributed by atoms with van der Waals surface area (Å²) in [4.78, 5) is 26.1. The van der Waals surface area contributed by atoms with Crippen LogP contribution in [0.4, 0.5) is 5.69 Å². The van der Waals surface area contributed by atoms with Crippen molar-refractivity contribution in [1.29, 1.82) is 0 Å². The smallest absolute Gasteiger partial charge is 0.265 e. The van der Waals surface area contributed by atoms with Crippen LogP contribution in [0.5, 0.6) is 0 Å². The zero-order valence-corrected chi connectivity index (χ0v) is 17.4. The van der Waals surface area contributed by atoms with E-state index in [1.807, 2.05) is 13.0 Å². The molecule has 0 aliphatic heterocycles. The second kappa shape index (κ2) is 7.88. The first kappa shape index (κ1) is 20.0. The van der Waals surface area contributed by atoms with Gasteiger partial charge in [-0.05, 0) is 24.6 Å². The fraction of sp³-hybridized carbons (Fsp3) is 0.167. The lowest BCUT2D eigenvalue weighted by atomic mass is 9.84. The summed E-state index contributed by atoms with van der Waals surface area (Å²) in [5.41, 5.74) is 1.15. The van der Waals surface area contributed by atoms with Crippen molar-refractivity contribution in [2.45, 2.75) is 24.7 Å².